The molecular formula is C18H17ClN2O3S. The summed E-state index contributed by atoms with van der Waals surface area (Å²) < 4.78 is 33.6. The van der Waals surface area contributed by atoms with E-state index >= 15 is 0 Å². The highest BCUT2D eigenvalue weighted by Crippen LogP contribution is 2.28. The van der Waals surface area contributed by atoms with Crippen LogP contribution in [0.2, 0.25) is 5.02 Å². The molecule has 0 saturated heterocycles. The molecular weight excluding hydrogens is 360 g/mol. The molecule has 3 aromatic rings. The summed E-state index contributed by atoms with van der Waals surface area (Å²) in [6.45, 7) is 5.37. The van der Waals surface area contributed by atoms with Crippen LogP contribution in [0.1, 0.15) is 16.8 Å². The van der Waals surface area contributed by atoms with Crippen LogP contribution in [0.4, 0.5) is 5.69 Å². The maximum Gasteiger partial charge on any atom is 0.262 e. The number of benzene rings is 2. The fourth-order valence-electron chi connectivity index (χ4n) is 2.45. The van der Waals surface area contributed by atoms with Crippen molar-refractivity contribution in [2.24, 2.45) is 0 Å². The van der Waals surface area contributed by atoms with Gasteiger partial charge in [0.15, 0.2) is 5.76 Å². The second kappa shape index (κ2) is 6.54. The second-order valence-corrected chi connectivity index (χ2v) is 7.96. The Hall–Kier alpha value is -2.31. The van der Waals surface area contributed by atoms with Gasteiger partial charge in [-0.25, -0.2) is 8.42 Å². The van der Waals surface area contributed by atoms with Crippen LogP contribution in [0.25, 0.3) is 11.3 Å². The minimum absolute atomic E-state index is 0.179. The Labute approximate surface area is 151 Å². The number of halogens is 1. The monoisotopic (exact) mass is 376 g/mol. The fourth-order valence-corrected chi connectivity index (χ4v) is 4.01. The molecule has 0 aliphatic heterocycles. The summed E-state index contributed by atoms with van der Waals surface area (Å²) >= 11 is 5.98. The standard InChI is InChI=1S/C18H17ClN2O3S/c1-11-5-7-15(19)10-16(11)21-25(22,23)18-9-14(6-4-12(18)2)17-8-13(3)20-24-17/h4-10,21H,1-3H3. The van der Waals surface area contributed by atoms with Crippen molar-refractivity contribution < 1.29 is 12.9 Å². The molecule has 0 atom stereocenters. The second-order valence-electron chi connectivity index (χ2n) is 5.88. The van der Waals surface area contributed by atoms with Gasteiger partial charge in [0.05, 0.1) is 16.3 Å². The van der Waals surface area contributed by atoms with Crippen LogP contribution >= 0.6 is 11.6 Å². The summed E-state index contributed by atoms with van der Waals surface area (Å²) in [7, 11) is -3.78. The molecule has 130 valence electrons. The van der Waals surface area contributed by atoms with E-state index in [1.807, 2.05) is 13.8 Å². The third kappa shape index (κ3) is 3.70. The van der Waals surface area contributed by atoms with Gasteiger partial charge in [-0.2, -0.15) is 0 Å². The number of nitrogens with one attached hydrogen (secondary N) is 1. The first kappa shape index (κ1) is 17.5. The van der Waals surface area contributed by atoms with E-state index in [0.29, 0.717) is 27.6 Å². The lowest BCUT2D eigenvalue weighted by Gasteiger charge is -2.13. The quantitative estimate of drug-likeness (QED) is 0.715. The van der Waals surface area contributed by atoms with Crippen molar-refractivity contribution in [2.45, 2.75) is 25.7 Å². The van der Waals surface area contributed by atoms with Gasteiger partial charge in [0, 0.05) is 16.7 Å². The van der Waals surface area contributed by atoms with Gasteiger partial charge in [-0.05, 0) is 50.1 Å². The van der Waals surface area contributed by atoms with Gasteiger partial charge in [0.2, 0.25) is 0 Å². The summed E-state index contributed by atoms with van der Waals surface area (Å²) in [5.41, 5.74) is 3.25. The first-order chi connectivity index (χ1) is 11.8. The lowest BCUT2D eigenvalue weighted by atomic mass is 10.1. The summed E-state index contributed by atoms with van der Waals surface area (Å²) in [5.74, 6) is 0.521. The Bertz CT molecular complexity index is 1040. The number of sulfonamides is 1. The van der Waals surface area contributed by atoms with Crippen LogP contribution in [0.15, 0.2) is 51.9 Å². The zero-order valence-electron chi connectivity index (χ0n) is 14.0. The third-order valence-electron chi connectivity index (χ3n) is 3.83. The molecule has 0 amide bonds. The zero-order chi connectivity index (χ0) is 18.2. The molecule has 1 aromatic heterocycles. The highest BCUT2D eigenvalue weighted by Gasteiger charge is 2.20. The van der Waals surface area contributed by atoms with Gasteiger partial charge in [0.1, 0.15) is 0 Å². The van der Waals surface area contributed by atoms with E-state index in [9.17, 15) is 8.42 Å². The number of rotatable bonds is 4. The van der Waals surface area contributed by atoms with Gasteiger partial charge in [0.25, 0.3) is 10.0 Å². The number of aryl methyl sites for hydroxylation is 3. The predicted molar refractivity (Wildman–Crippen MR) is 98.4 cm³/mol. The van der Waals surface area contributed by atoms with Crippen LogP contribution in [0.5, 0.6) is 0 Å². The largest absolute Gasteiger partial charge is 0.356 e. The highest BCUT2D eigenvalue weighted by molar-refractivity contribution is 7.92. The molecule has 25 heavy (non-hydrogen) atoms. The molecule has 0 aliphatic rings. The normalized spacial score (nSPS) is 11.5. The highest BCUT2D eigenvalue weighted by atomic mass is 35.5. The predicted octanol–water partition coefficient (Wildman–Crippen LogP) is 4.72. The van der Waals surface area contributed by atoms with E-state index in [4.69, 9.17) is 16.1 Å². The van der Waals surface area contributed by atoms with Crippen LogP contribution in [0.3, 0.4) is 0 Å². The number of hydrogen-bond acceptors (Lipinski definition) is 4. The Kier molecular flexibility index (Phi) is 4.58. The Morgan fingerprint density at radius 1 is 1.00 bits per heavy atom. The maximum absolute atomic E-state index is 12.9. The van der Waals surface area contributed by atoms with Crippen LogP contribution in [-0.4, -0.2) is 13.6 Å². The van der Waals surface area contributed by atoms with Crippen molar-refractivity contribution in [1.82, 2.24) is 5.16 Å². The van der Waals surface area contributed by atoms with E-state index in [2.05, 4.69) is 9.88 Å². The van der Waals surface area contributed by atoms with Gasteiger partial charge in [-0.15, -0.1) is 0 Å². The molecule has 1 heterocycles. The zero-order valence-corrected chi connectivity index (χ0v) is 15.6. The fraction of sp³-hybridized carbons (Fsp3) is 0.167. The Morgan fingerprint density at radius 2 is 1.72 bits per heavy atom. The number of nitrogens with zero attached hydrogens (tertiary/aromatic N) is 1. The molecule has 0 bridgehead atoms. The molecule has 3 rings (SSSR count). The average molecular weight is 377 g/mol. The lowest BCUT2D eigenvalue weighted by molar-refractivity contribution is 0.427. The number of hydrogen-bond donors (Lipinski definition) is 1. The van der Waals surface area contributed by atoms with Crippen LogP contribution in [0, 0.1) is 20.8 Å². The topological polar surface area (TPSA) is 72.2 Å². The van der Waals surface area contributed by atoms with Crippen molar-refractivity contribution in [3.05, 3.63) is 64.3 Å². The van der Waals surface area contributed by atoms with E-state index in [1.165, 1.54) is 0 Å². The molecule has 0 radical (unpaired) electrons. The maximum atomic E-state index is 12.9. The Balaban J connectivity index is 2.03. The molecule has 0 aliphatic carbocycles. The molecule has 2 aromatic carbocycles. The van der Waals surface area contributed by atoms with Crippen molar-refractivity contribution >= 4 is 27.3 Å². The average Bonchev–Trinajstić information content (AvgIpc) is 2.97. The first-order valence-corrected chi connectivity index (χ1v) is 9.46. The molecule has 1 N–H and O–H groups in total. The van der Waals surface area contributed by atoms with Crippen molar-refractivity contribution in [3.8, 4) is 11.3 Å². The van der Waals surface area contributed by atoms with E-state index in [1.54, 1.807) is 49.4 Å². The van der Waals surface area contributed by atoms with Gasteiger partial charge in [-0.3, -0.25) is 4.72 Å². The SMILES string of the molecule is Cc1cc(-c2ccc(C)c(S(=O)(=O)Nc3cc(Cl)ccc3C)c2)on1. The van der Waals surface area contributed by atoms with Crippen molar-refractivity contribution in [1.29, 1.82) is 0 Å². The lowest BCUT2D eigenvalue weighted by Crippen LogP contribution is -2.15. The van der Waals surface area contributed by atoms with Gasteiger partial charge in [-0.1, -0.05) is 35.0 Å². The number of aromatic nitrogens is 1. The molecule has 0 fully saturated rings. The molecule has 5 nitrogen and oxygen atoms in total. The minimum atomic E-state index is -3.78. The smallest absolute Gasteiger partial charge is 0.262 e. The van der Waals surface area contributed by atoms with Gasteiger partial charge < -0.3 is 4.52 Å². The van der Waals surface area contributed by atoms with E-state index < -0.39 is 10.0 Å². The summed E-state index contributed by atoms with van der Waals surface area (Å²) in [5, 5.41) is 4.31. The van der Waals surface area contributed by atoms with Crippen molar-refractivity contribution in [2.75, 3.05) is 4.72 Å². The molecule has 0 spiro atoms. The summed E-state index contributed by atoms with van der Waals surface area (Å²) in [6.07, 6.45) is 0. The van der Waals surface area contributed by atoms with Gasteiger partial charge >= 0.3 is 0 Å². The molecule has 7 heteroatoms. The minimum Gasteiger partial charge on any atom is -0.356 e. The van der Waals surface area contributed by atoms with Crippen LogP contribution < -0.4 is 4.72 Å². The molecule has 0 saturated carbocycles. The Morgan fingerprint density at radius 3 is 2.40 bits per heavy atom. The number of anilines is 1. The third-order valence-corrected chi connectivity index (χ3v) is 5.58. The first-order valence-electron chi connectivity index (χ1n) is 7.59. The van der Waals surface area contributed by atoms with E-state index in [-0.39, 0.29) is 4.90 Å². The van der Waals surface area contributed by atoms with Crippen molar-refractivity contribution in [3.63, 3.8) is 0 Å². The summed E-state index contributed by atoms with van der Waals surface area (Å²) in [4.78, 5) is 0.179. The van der Waals surface area contributed by atoms with Crippen LogP contribution in [-0.2, 0) is 10.0 Å². The molecule has 0 unspecified atom stereocenters. The summed E-state index contributed by atoms with van der Waals surface area (Å²) in [6, 6.07) is 12.0. The van der Waals surface area contributed by atoms with E-state index in [0.717, 1.165) is 11.3 Å².